The summed E-state index contributed by atoms with van der Waals surface area (Å²) in [6.07, 6.45) is 2.11. The predicted octanol–water partition coefficient (Wildman–Crippen LogP) is 1.85. The van der Waals surface area contributed by atoms with Gasteiger partial charge in [0.1, 0.15) is 0 Å². The zero-order chi connectivity index (χ0) is 25.5. The van der Waals surface area contributed by atoms with Crippen LogP contribution in [-0.4, -0.2) is 71.5 Å². The van der Waals surface area contributed by atoms with Crippen molar-refractivity contribution in [1.29, 1.82) is 0 Å². The van der Waals surface area contributed by atoms with Gasteiger partial charge in [-0.05, 0) is 101 Å². The number of carbonyl (C=O) groups is 1. The van der Waals surface area contributed by atoms with E-state index in [0.717, 1.165) is 0 Å². The van der Waals surface area contributed by atoms with Crippen molar-refractivity contribution in [2.24, 2.45) is 28.6 Å². The predicted molar refractivity (Wildman–Crippen MR) is 127 cm³/mol. The molecular formula is C27H44O7. The van der Waals surface area contributed by atoms with Gasteiger partial charge in [-0.1, -0.05) is 13.8 Å². The molecule has 3 fully saturated rings. The monoisotopic (exact) mass is 480 g/mol. The quantitative estimate of drug-likeness (QED) is 0.353. The van der Waals surface area contributed by atoms with Crippen molar-refractivity contribution >= 4 is 5.78 Å². The van der Waals surface area contributed by atoms with Gasteiger partial charge in [-0.25, -0.2) is 0 Å². The van der Waals surface area contributed by atoms with Crippen molar-refractivity contribution in [2.75, 3.05) is 0 Å². The largest absolute Gasteiger partial charge is 0.390 e. The highest BCUT2D eigenvalue weighted by molar-refractivity contribution is 5.95. The van der Waals surface area contributed by atoms with E-state index < -0.39 is 45.9 Å². The molecule has 0 amide bonds. The Kier molecular flexibility index (Phi) is 6.24. The minimum atomic E-state index is -1.46. The van der Waals surface area contributed by atoms with Crippen molar-refractivity contribution in [1.82, 2.24) is 0 Å². The van der Waals surface area contributed by atoms with Crippen LogP contribution in [0.15, 0.2) is 11.6 Å². The summed E-state index contributed by atoms with van der Waals surface area (Å²) in [5, 5.41) is 65.5. The van der Waals surface area contributed by atoms with E-state index in [1.54, 1.807) is 26.8 Å². The fraction of sp³-hybridized carbons (Fsp3) is 0.889. The van der Waals surface area contributed by atoms with Gasteiger partial charge >= 0.3 is 0 Å². The van der Waals surface area contributed by atoms with Gasteiger partial charge in [-0.3, -0.25) is 4.79 Å². The molecule has 194 valence electrons. The Morgan fingerprint density at radius 3 is 2.32 bits per heavy atom. The van der Waals surface area contributed by atoms with Gasteiger partial charge in [0.25, 0.3) is 0 Å². The maximum absolute atomic E-state index is 13.2. The van der Waals surface area contributed by atoms with Crippen LogP contribution in [-0.2, 0) is 4.79 Å². The van der Waals surface area contributed by atoms with E-state index in [4.69, 9.17) is 0 Å². The Morgan fingerprint density at radius 2 is 1.71 bits per heavy atom. The Labute approximate surface area is 202 Å². The molecule has 0 aromatic carbocycles. The molecular weight excluding hydrogens is 436 g/mol. The van der Waals surface area contributed by atoms with E-state index in [1.807, 2.05) is 13.8 Å². The maximum atomic E-state index is 13.2. The van der Waals surface area contributed by atoms with Crippen LogP contribution < -0.4 is 0 Å². The molecule has 0 radical (unpaired) electrons. The first-order valence-corrected chi connectivity index (χ1v) is 12.9. The highest BCUT2D eigenvalue weighted by Gasteiger charge is 2.69. The number of hydrogen-bond donors (Lipinski definition) is 6. The molecule has 0 spiro atoms. The Morgan fingerprint density at radius 1 is 1.06 bits per heavy atom. The summed E-state index contributed by atoms with van der Waals surface area (Å²) in [5.41, 5.74) is -4.27. The van der Waals surface area contributed by atoms with Gasteiger partial charge in [0.05, 0.1) is 35.1 Å². The average Bonchev–Trinajstić information content (AvgIpc) is 3.00. The molecule has 4 aliphatic rings. The highest BCUT2D eigenvalue weighted by atomic mass is 16.3. The minimum Gasteiger partial charge on any atom is -0.390 e. The van der Waals surface area contributed by atoms with Crippen molar-refractivity contribution in [3.05, 3.63) is 11.6 Å². The fourth-order valence-electron chi connectivity index (χ4n) is 8.32. The molecule has 10 atom stereocenters. The summed E-state index contributed by atoms with van der Waals surface area (Å²) in [6, 6.07) is 0. The standard InChI is InChI=1S/C27H44O7/c1-23(2,32)9-8-22(31)26(5,33)21-7-11-27(34)16-12-18(28)17-13-19(29)20(30)14-24(17,3)15(16)6-10-25(21,27)4/h12,15,17,19-22,29-34H,6-11,13-14H2,1-5H3/t15-,17-,19+,20-,21-,22+,24+,25+,26+,27+/m0/s1. The second kappa shape index (κ2) is 8.09. The lowest BCUT2D eigenvalue weighted by atomic mass is 9.45. The molecule has 0 aromatic rings. The molecule has 6 N–H and O–H groups in total. The molecule has 0 aliphatic heterocycles. The van der Waals surface area contributed by atoms with E-state index in [0.29, 0.717) is 44.1 Å². The molecule has 7 nitrogen and oxygen atoms in total. The number of carbonyl (C=O) groups excluding carboxylic acids is 1. The van der Waals surface area contributed by atoms with Crippen molar-refractivity contribution in [2.45, 2.75) is 121 Å². The molecule has 3 saturated carbocycles. The maximum Gasteiger partial charge on any atom is 0.159 e. The molecule has 0 aromatic heterocycles. The number of aliphatic hydroxyl groups excluding tert-OH is 3. The molecule has 4 aliphatic carbocycles. The third-order valence-electron chi connectivity index (χ3n) is 10.5. The first-order chi connectivity index (χ1) is 15.5. The normalized spacial score (nSPS) is 47.2. The Hall–Kier alpha value is -0.830. The zero-order valence-corrected chi connectivity index (χ0v) is 21.3. The smallest absolute Gasteiger partial charge is 0.159 e. The lowest BCUT2D eigenvalue weighted by Gasteiger charge is -2.60. The first kappa shape index (κ1) is 26.2. The number of aliphatic hydroxyl groups is 6. The Balaban J connectivity index is 1.66. The minimum absolute atomic E-state index is 0.0840. The zero-order valence-electron chi connectivity index (χ0n) is 21.3. The van der Waals surface area contributed by atoms with Crippen molar-refractivity contribution in [3.63, 3.8) is 0 Å². The van der Waals surface area contributed by atoms with Crippen LogP contribution in [0.25, 0.3) is 0 Å². The van der Waals surface area contributed by atoms with E-state index in [9.17, 15) is 35.4 Å². The topological polar surface area (TPSA) is 138 Å². The van der Waals surface area contributed by atoms with Crippen molar-refractivity contribution < 1.29 is 35.4 Å². The SMILES string of the molecule is CC(C)(O)CC[C@@H](O)[C@](C)(O)[C@H]1CC[C@@]2(O)C3=CC(=O)[C@@H]4C[C@@H](O)[C@@H](O)C[C@]4(C)[C@H]3CC[C@]12C. The number of fused-ring (bicyclic) bond motifs is 5. The van der Waals surface area contributed by atoms with Crippen LogP contribution in [0.5, 0.6) is 0 Å². The van der Waals surface area contributed by atoms with Gasteiger partial charge in [0.15, 0.2) is 5.78 Å². The highest BCUT2D eigenvalue weighted by Crippen LogP contribution is 2.68. The van der Waals surface area contributed by atoms with Crippen LogP contribution >= 0.6 is 0 Å². The van der Waals surface area contributed by atoms with Gasteiger partial charge in [0.2, 0.25) is 0 Å². The Bertz CT molecular complexity index is 860. The third kappa shape index (κ3) is 3.73. The molecule has 0 bridgehead atoms. The summed E-state index contributed by atoms with van der Waals surface area (Å²) < 4.78 is 0. The number of ketones is 1. The summed E-state index contributed by atoms with van der Waals surface area (Å²) in [7, 11) is 0. The second-order valence-electron chi connectivity index (χ2n) is 13.2. The van der Waals surface area contributed by atoms with E-state index in [1.165, 1.54) is 0 Å². The molecule has 4 rings (SSSR count). The molecule has 7 heteroatoms. The number of allylic oxidation sites excluding steroid dienone is 1. The molecule has 34 heavy (non-hydrogen) atoms. The van der Waals surface area contributed by atoms with Crippen LogP contribution in [0.3, 0.4) is 0 Å². The van der Waals surface area contributed by atoms with Gasteiger partial charge < -0.3 is 30.6 Å². The second-order valence-corrected chi connectivity index (χ2v) is 13.2. The van der Waals surface area contributed by atoms with Gasteiger partial charge in [-0.15, -0.1) is 0 Å². The lowest BCUT2D eigenvalue weighted by molar-refractivity contribution is -0.177. The van der Waals surface area contributed by atoms with Crippen molar-refractivity contribution in [3.8, 4) is 0 Å². The molecule has 0 saturated heterocycles. The summed E-state index contributed by atoms with van der Waals surface area (Å²) >= 11 is 0. The van der Waals surface area contributed by atoms with Gasteiger partial charge in [0, 0.05) is 11.3 Å². The number of hydrogen-bond acceptors (Lipinski definition) is 7. The summed E-state index contributed by atoms with van der Waals surface area (Å²) in [5.74, 6) is -0.948. The number of rotatable bonds is 5. The van der Waals surface area contributed by atoms with Crippen LogP contribution in [0, 0.1) is 28.6 Å². The summed E-state index contributed by atoms with van der Waals surface area (Å²) in [4.78, 5) is 13.2. The average molecular weight is 481 g/mol. The molecule has 0 unspecified atom stereocenters. The van der Waals surface area contributed by atoms with Crippen LogP contribution in [0.2, 0.25) is 0 Å². The van der Waals surface area contributed by atoms with E-state index in [2.05, 4.69) is 0 Å². The van der Waals surface area contributed by atoms with Crippen LogP contribution in [0.1, 0.15) is 86.0 Å². The van der Waals surface area contributed by atoms with E-state index in [-0.39, 0.29) is 36.4 Å². The van der Waals surface area contributed by atoms with Gasteiger partial charge in [-0.2, -0.15) is 0 Å². The lowest BCUT2D eigenvalue weighted by Crippen LogP contribution is -2.62. The van der Waals surface area contributed by atoms with E-state index >= 15 is 0 Å². The fourth-order valence-corrected chi connectivity index (χ4v) is 8.32. The third-order valence-corrected chi connectivity index (χ3v) is 10.5. The van der Waals surface area contributed by atoms with Crippen LogP contribution in [0.4, 0.5) is 0 Å². The molecule has 0 heterocycles. The summed E-state index contributed by atoms with van der Waals surface area (Å²) in [6.45, 7) is 8.96. The first-order valence-electron chi connectivity index (χ1n) is 12.9.